The van der Waals surface area contributed by atoms with Gasteiger partial charge >= 0.3 is 5.97 Å². The van der Waals surface area contributed by atoms with Gasteiger partial charge in [-0.15, -0.1) is 0 Å². The van der Waals surface area contributed by atoms with Gasteiger partial charge in [0.1, 0.15) is 5.82 Å². The lowest BCUT2D eigenvalue weighted by atomic mass is 10.1. The zero-order chi connectivity index (χ0) is 12.8. The molecule has 0 bridgehead atoms. The summed E-state index contributed by atoms with van der Waals surface area (Å²) in [6.07, 6.45) is 0.659. The number of halogens is 1. The number of carboxylic acids is 1. The standard InChI is InChI=1S/C13H18FNO2/c1-9(7-8-13(16)17)15-10(2)11-5-3-4-6-12(11)14/h3-6,9-10,15H,7-8H2,1-2H3,(H,16,17)/t9?,10-/m1/s1. The molecule has 0 heterocycles. The van der Waals surface area contributed by atoms with Crippen LogP contribution in [0.25, 0.3) is 0 Å². The first-order valence-corrected chi connectivity index (χ1v) is 5.73. The first-order valence-electron chi connectivity index (χ1n) is 5.73. The van der Waals surface area contributed by atoms with Crippen molar-refractivity contribution in [3.05, 3.63) is 35.6 Å². The molecule has 1 aromatic carbocycles. The zero-order valence-electron chi connectivity index (χ0n) is 10.1. The van der Waals surface area contributed by atoms with Crippen molar-refractivity contribution in [3.8, 4) is 0 Å². The van der Waals surface area contributed by atoms with E-state index in [0.29, 0.717) is 12.0 Å². The predicted octanol–water partition coefficient (Wildman–Crippen LogP) is 2.73. The molecule has 1 rings (SSSR count). The molecule has 0 spiro atoms. The normalized spacial score (nSPS) is 14.3. The smallest absolute Gasteiger partial charge is 0.303 e. The summed E-state index contributed by atoms with van der Waals surface area (Å²) in [7, 11) is 0. The molecule has 0 aliphatic heterocycles. The van der Waals surface area contributed by atoms with Crippen LogP contribution >= 0.6 is 0 Å². The molecule has 3 nitrogen and oxygen atoms in total. The number of hydrogen-bond acceptors (Lipinski definition) is 2. The number of aliphatic carboxylic acids is 1. The molecule has 0 saturated heterocycles. The summed E-state index contributed by atoms with van der Waals surface area (Å²) in [6.45, 7) is 3.77. The fraction of sp³-hybridized carbons (Fsp3) is 0.462. The van der Waals surface area contributed by atoms with Gasteiger partial charge in [0.15, 0.2) is 0 Å². The first-order chi connectivity index (χ1) is 8.00. The molecule has 94 valence electrons. The Kier molecular flexibility index (Phi) is 5.10. The van der Waals surface area contributed by atoms with Crippen molar-refractivity contribution in [3.63, 3.8) is 0 Å². The van der Waals surface area contributed by atoms with Gasteiger partial charge in [0.25, 0.3) is 0 Å². The SMILES string of the molecule is CC(CCC(=O)O)N[C@H](C)c1ccccc1F. The van der Waals surface area contributed by atoms with Gasteiger partial charge in [0, 0.05) is 24.1 Å². The highest BCUT2D eigenvalue weighted by Gasteiger charge is 2.13. The maximum absolute atomic E-state index is 13.5. The average molecular weight is 239 g/mol. The van der Waals surface area contributed by atoms with E-state index < -0.39 is 5.97 Å². The molecule has 2 atom stereocenters. The minimum atomic E-state index is -0.808. The molecule has 0 saturated carbocycles. The Morgan fingerprint density at radius 2 is 2.06 bits per heavy atom. The Bertz CT molecular complexity index is 381. The van der Waals surface area contributed by atoms with Gasteiger partial charge in [-0.05, 0) is 26.3 Å². The summed E-state index contributed by atoms with van der Waals surface area (Å²) in [6, 6.07) is 6.52. The van der Waals surface area contributed by atoms with Crippen molar-refractivity contribution in [2.45, 2.75) is 38.8 Å². The third kappa shape index (κ3) is 4.53. The Morgan fingerprint density at radius 1 is 1.41 bits per heavy atom. The zero-order valence-corrected chi connectivity index (χ0v) is 10.1. The van der Waals surface area contributed by atoms with Crippen molar-refractivity contribution < 1.29 is 14.3 Å². The molecule has 1 aromatic rings. The summed E-state index contributed by atoms with van der Waals surface area (Å²) >= 11 is 0. The lowest BCUT2D eigenvalue weighted by Crippen LogP contribution is -2.29. The van der Waals surface area contributed by atoms with Gasteiger partial charge in [0.2, 0.25) is 0 Å². The molecule has 0 aliphatic carbocycles. The summed E-state index contributed by atoms with van der Waals surface area (Å²) in [4.78, 5) is 10.4. The number of benzene rings is 1. The van der Waals surface area contributed by atoms with Crippen LogP contribution < -0.4 is 5.32 Å². The van der Waals surface area contributed by atoms with E-state index >= 15 is 0 Å². The number of carboxylic acid groups (broad SMARTS) is 1. The Morgan fingerprint density at radius 3 is 2.65 bits per heavy atom. The van der Waals surface area contributed by atoms with Gasteiger partial charge in [-0.1, -0.05) is 18.2 Å². The first kappa shape index (κ1) is 13.6. The van der Waals surface area contributed by atoms with E-state index in [0.717, 1.165) is 0 Å². The second-order valence-corrected chi connectivity index (χ2v) is 4.24. The van der Waals surface area contributed by atoms with Gasteiger partial charge in [0.05, 0.1) is 0 Å². The highest BCUT2D eigenvalue weighted by atomic mass is 19.1. The molecule has 0 aliphatic rings. The van der Waals surface area contributed by atoms with Crippen molar-refractivity contribution in [2.24, 2.45) is 0 Å². The Labute approximate surface area is 101 Å². The minimum Gasteiger partial charge on any atom is -0.481 e. The van der Waals surface area contributed by atoms with Crippen LogP contribution in [0.4, 0.5) is 4.39 Å². The highest BCUT2D eigenvalue weighted by molar-refractivity contribution is 5.66. The second-order valence-electron chi connectivity index (χ2n) is 4.24. The molecule has 0 fully saturated rings. The van der Waals surface area contributed by atoms with Gasteiger partial charge in [-0.2, -0.15) is 0 Å². The predicted molar refractivity (Wildman–Crippen MR) is 64.3 cm³/mol. The maximum Gasteiger partial charge on any atom is 0.303 e. The van der Waals surface area contributed by atoms with Crippen molar-refractivity contribution in [2.75, 3.05) is 0 Å². The van der Waals surface area contributed by atoms with Gasteiger partial charge < -0.3 is 10.4 Å². The van der Waals surface area contributed by atoms with E-state index in [9.17, 15) is 9.18 Å². The van der Waals surface area contributed by atoms with Crippen LogP contribution in [-0.4, -0.2) is 17.1 Å². The summed E-state index contributed by atoms with van der Waals surface area (Å²) < 4.78 is 13.5. The number of rotatable bonds is 6. The molecule has 0 radical (unpaired) electrons. The summed E-state index contributed by atoms with van der Waals surface area (Å²) in [5.41, 5.74) is 0.606. The van der Waals surface area contributed by atoms with Crippen LogP contribution in [0, 0.1) is 5.82 Å². The monoisotopic (exact) mass is 239 g/mol. The van der Waals surface area contributed by atoms with E-state index in [1.807, 2.05) is 13.8 Å². The number of carbonyl (C=O) groups is 1. The fourth-order valence-corrected chi connectivity index (χ4v) is 1.77. The van der Waals surface area contributed by atoms with Crippen molar-refractivity contribution in [1.82, 2.24) is 5.32 Å². The topological polar surface area (TPSA) is 49.3 Å². The van der Waals surface area contributed by atoms with Crippen LogP contribution in [0.5, 0.6) is 0 Å². The number of hydrogen-bond donors (Lipinski definition) is 2. The van der Waals surface area contributed by atoms with E-state index in [1.54, 1.807) is 18.2 Å². The van der Waals surface area contributed by atoms with Crippen LogP contribution in [-0.2, 0) is 4.79 Å². The molecule has 0 amide bonds. The van der Waals surface area contributed by atoms with E-state index in [2.05, 4.69) is 5.32 Å². The van der Waals surface area contributed by atoms with Gasteiger partial charge in [-0.25, -0.2) is 4.39 Å². The molecule has 4 heteroatoms. The van der Waals surface area contributed by atoms with Crippen LogP contribution in [0.3, 0.4) is 0 Å². The van der Waals surface area contributed by atoms with Gasteiger partial charge in [-0.3, -0.25) is 4.79 Å². The Balaban J connectivity index is 2.51. The quantitative estimate of drug-likeness (QED) is 0.802. The molecule has 0 aromatic heterocycles. The highest BCUT2D eigenvalue weighted by Crippen LogP contribution is 2.17. The summed E-state index contributed by atoms with van der Waals surface area (Å²) in [5.74, 6) is -1.05. The van der Waals surface area contributed by atoms with Crippen LogP contribution in [0.1, 0.15) is 38.3 Å². The molecular formula is C13H18FNO2. The molecule has 2 N–H and O–H groups in total. The lowest BCUT2D eigenvalue weighted by Gasteiger charge is -2.20. The Hall–Kier alpha value is -1.42. The fourth-order valence-electron chi connectivity index (χ4n) is 1.77. The van der Waals surface area contributed by atoms with Crippen molar-refractivity contribution in [1.29, 1.82) is 0 Å². The number of nitrogens with one attached hydrogen (secondary N) is 1. The lowest BCUT2D eigenvalue weighted by molar-refractivity contribution is -0.137. The largest absolute Gasteiger partial charge is 0.481 e. The third-order valence-electron chi connectivity index (χ3n) is 2.70. The molecular weight excluding hydrogens is 221 g/mol. The van der Waals surface area contributed by atoms with Crippen molar-refractivity contribution >= 4 is 5.97 Å². The molecule has 1 unspecified atom stereocenters. The third-order valence-corrected chi connectivity index (χ3v) is 2.70. The second kappa shape index (κ2) is 6.35. The van der Waals surface area contributed by atoms with E-state index in [4.69, 9.17) is 5.11 Å². The van der Waals surface area contributed by atoms with Crippen LogP contribution in [0.15, 0.2) is 24.3 Å². The summed E-state index contributed by atoms with van der Waals surface area (Å²) in [5, 5.41) is 11.8. The minimum absolute atomic E-state index is 0.0423. The van der Waals surface area contributed by atoms with Crippen LogP contribution in [0.2, 0.25) is 0 Å². The van der Waals surface area contributed by atoms with E-state index in [-0.39, 0.29) is 24.3 Å². The average Bonchev–Trinajstić information content (AvgIpc) is 2.26. The maximum atomic E-state index is 13.5. The van der Waals surface area contributed by atoms with E-state index in [1.165, 1.54) is 6.07 Å². The molecule has 17 heavy (non-hydrogen) atoms.